The fourth-order valence-electron chi connectivity index (χ4n) is 7.33. The molecule has 15 nitrogen and oxygen atoms in total. The Morgan fingerprint density at radius 2 is 0.219 bits per heavy atom. The fourth-order valence-corrected chi connectivity index (χ4v) is 7.33. The molecule has 0 rings (SSSR count). The molecule has 0 unspecified atom stereocenters. The molecule has 0 radical (unpaired) electrons. The normalized spacial score (nSPS) is 8.94. The Morgan fingerprint density at radius 3 is 0.281 bits per heavy atom. The second kappa shape index (κ2) is 106. The number of hydrogen-bond donors (Lipinski definition) is 0. The summed E-state index contributed by atoms with van der Waals surface area (Å²) in [5.74, 6) is 3.11. The molecule has 0 aliphatic heterocycles. The largest absolute Gasteiger partial charge is 0.300 e. The van der Waals surface area contributed by atoms with Crippen LogP contribution in [0.3, 0.4) is 0 Å². The van der Waals surface area contributed by atoms with Gasteiger partial charge in [-0.05, 0) is 232 Å². The van der Waals surface area contributed by atoms with E-state index in [9.17, 15) is 67.1 Å². The molecule has 15 heteroatoms. The van der Waals surface area contributed by atoms with Gasteiger partial charge in [0.05, 0.1) is 0 Å². The minimum absolute atomic E-state index is 0.0600. The number of rotatable bonds is 32. The maximum Gasteiger partial charge on any atom is 0.145 e. The van der Waals surface area contributed by atoms with Crippen molar-refractivity contribution in [3.63, 3.8) is 0 Å². The molecule has 0 aliphatic rings. The highest BCUT2D eigenvalue weighted by molar-refractivity contribution is 5.90. The maximum atomic E-state index is 15.5. The molecule has 0 aromatic carbocycles. The molecular weight excluding hydrogens is 1210 g/mol. The lowest BCUT2D eigenvalue weighted by atomic mass is 9.58. The molecule has 0 amide bonds. The standard InChI is InChI=1S/C39H78O.14C3H6O/c1-7-13-19-25-31-38(32-26-20-14-8-2,33-27-21-15-9-3)37(40)39(34-28-22-16-10-4,35-29-23-17-11-5)36-30-24-18-12-6;14*1-3(2)4/h7-36H2,1-6H3;14*1-2H3. The fraction of sp³-hybridized carbons (Fsp3) is 0.815. The number of hydrogen-bond acceptors (Lipinski definition) is 15. The van der Waals surface area contributed by atoms with Gasteiger partial charge in [0, 0.05) is 10.8 Å². The Balaban J connectivity index is -0.0000000718. The Kier molecular flexibility index (Phi) is 141. The number of ketones is 15. The number of carbonyl (C=O) groups is 15. The van der Waals surface area contributed by atoms with Gasteiger partial charge in [0.25, 0.3) is 0 Å². The topological polar surface area (TPSA) is 256 Å². The molecule has 0 bridgehead atoms. The van der Waals surface area contributed by atoms with Gasteiger partial charge in [-0.15, -0.1) is 0 Å². The highest BCUT2D eigenvalue weighted by Crippen LogP contribution is 2.49. The molecule has 0 aromatic heterocycles. The van der Waals surface area contributed by atoms with Crippen molar-refractivity contribution in [2.75, 3.05) is 0 Å². The van der Waals surface area contributed by atoms with Crippen LogP contribution in [0.5, 0.6) is 0 Å². The molecule has 0 fully saturated rings. The van der Waals surface area contributed by atoms with Crippen molar-refractivity contribution in [3.8, 4) is 0 Å². The third-order valence-corrected chi connectivity index (χ3v) is 10.0. The predicted octanol–water partition coefficient (Wildman–Crippen LogP) is 22.7. The summed E-state index contributed by atoms with van der Waals surface area (Å²) < 4.78 is 0. The summed E-state index contributed by atoms with van der Waals surface area (Å²) in [6.45, 7) is 56.7. The lowest BCUT2D eigenvalue weighted by Gasteiger charge is -2.44. The Morgan fingerprint density at radius 1 is 0.146 bits per heavy atom. The molecule has 0 N–H and O–H groups in total. The van der Waals surface area contributed by atoms with Crippen molar-refractivity contribution in [3.05, 3.63) is 0 Å². The van der Waals surface area contributed by atoms with Gasteiger partial charge in [-0.25, -0.2) is 0 Å². The highest BCUT2D eigenvalue weighted by atomic mass is 16.2. The van der Waals surface area contributed by atoms with E-state index >= 15 is 4.79 Å². The van der Waals surface area contributed by atoms with Crippen LogP contribution in [0.15, 0.2) is 0 Å². The Labute approximate surface area is 594 Å². The predicted molar refractivity (Wildman–Crippen MR) is 411 cm³/mol. The monoisotopic (exact) mass is 1380 g/mol. The summed E-state index contributed by atoms with van der Waals surface area (Å²) in [5, 5.41) is 0. The second-order valence-corrected chi connectivity index (χ2v) is 26.5. The first-order chi connectivity index (χ1) is 43.8. The van der Waals surface area contributed by atoms with Crippen LogP contribution in [-0.4, -0.2) is 86.7 Å². The number of carbonyl (C=O) groups excluding carboxylic acids is 15. The minimum Gasteiger partial charge on any atom is -0.300 e. The summed E-state index contributed by atoms with van der Waals surface area (Å²) in [6.07, 6.45) is 38.1. The van der Waals surface area contributed by atoms with Gasteiger partial charge < -0.3 is 67.1 Å². The molecule has 0 saturated carbocycles. The van der Waals surface area contributed by atoms with Crippen LogP contribution in [0, 0.1) is 10.8 Å². The van der Waals surface area contributed by atoms with Crippen molar-refractivity contribution < 1.29 is 71.9 Å². The molecule has 0 heterocycles. The van der Waals surface area contributed by atoms with Crippen molar-refractivity contribution in [2.24, 2.45) is 10.8 Å². The zero-order valence-corrected chi connectivity index (χ0v) is 69.8. The summed E-state index contributed by atoms with van der Waals surface area (Å²) in [6, 6.07) is 0. The Hall–Kier alpha value is -4.95. The SMILES string of the molecule is CC(C)=O.CC(C)=O.CC(C)=O.CC(C)=O.CC(C)=O.CC(C)=O.CC(C)=O.CC(C)=O.CC(C)=O.CC(C)=O.CC(C)=O.CC(C)=O.CC(C)=O.CC(C)=O.CCCCCCC(CCCCCC)(CCCCCC)C(=O)C(CCCCCC)(CCCCCC)CCCCCC. The summed E-state index contributed by atoms with van der Waals surface area (Å²) in [5.41, 5.74) is -0.120. The maximum absolute atomic E-state index is 15.5. The van der Waals surface area contributed by atoms with Crippen LogP contribution < -0.4 is 0 Å². The number of unbranched alkanes of at least 4 members (excludes halogenated alkanes) is 18. The lowest BCUT2D eigenvalue weighted by Crippen LogP contribution is -2.44. The van der Waals surface area contributed by atoms with Gasteiger partial charge >= 0.3 is 0 Å². The van der Waals surface area contributed by atoms with Crippen molar-refractivity contribution >= 4 is 86.7 Å². The number of Topliss-reactive ketones (excluding diaryl/α,β-unsaturated/α-hetero) is 15. The molecule has 576 valence electrons. The zero-order valence-electron chi connectivity index (χ0n) is 69.8. The van der Waals surface area contributed by atoms with Crippen LogP contribution in [0.2, 0.25) is 0 Å². The molecule has 0 aromatic rings. The van der Waals surface area contributed by atoms with Crippen molar-refractivity contribution in [2.45, 2.75) is 428 Å². The van der Waals surface area contributed by atoms with Crippen LogP contribution in [0.4, 0.5) is 0 Å². The van der Waals surface area contributed by atoms with E-state index in [1.165, 1.54) is 386 Å². The van der Waals surface area contributed by atoms with Crippen LogP contribution in [0.25, 0.3) is 0 Å². The van der Waals surface area contributed by atoms with E-state index in [2.05, 4.69) is 41.5 Å². The molecule has 96 heavy (non-hydrogen) atoms. The summed E-state index contributed by atoms with van der Waals surface area (Å²) >= 11 is 0. The van der Waals surface area contributed by atoms with E-state index in [-0.39, 0.29) is 91.8 Å². The lowest BCUT2D eigenvalue weighted by molar-refractivity contribution is -0.143. The average Bonchev–Trinajstić information content (AvgIpc) is 0.783. The van der Waals surface area contributed by atoms with E-state index in [1.54, 1.807) is 0 Å². The molecule has 0 aliphatic carbocycles. The van der Waals surface area contributed by atoms with Gasteiger partial charge in [-0.1, -0.05) is 196 Å². The quantitative estimate of drug-likeness (QED) is 0.0567. The van der Waals surface area contributed by atoms with Crippen molar-refractivity contribution in [1.82, 2.24) is 0 Å². The summed E-state index contributed by atoms with van der Waals surface area (Å²) in [7, 11) is 0. The van der Waals surface area contributed by atoms with Gasteiger partial charge in [-0.2, -0.15) is 0 Å². The van der Waals surface area contributed by atoms with Crippen molar-refractivity contribution in [1.29, 1.82) is 0 Å². The second-order valence-electron chi connectivity index (χ2n) is 26.5. The third-order valence-electron chi connectivity index (χ3n) is 10.0. The molecule has 0 saturated heterocycles. The van der Waals surface area contributed by atoms with E-state index in [0.29, 0.717) is 0 Å². The van der Waals surface area contributed by atoms with Gasteiger partial charge in [0.2, 0.25) is 0 Å². The highest BCUT2D eigenvalue weighted by Gasteiger charge is 2.48. The third kappa shape index (κ3) is 287. The van der Waals surface area contributed by atoms with E-state index < -0.39 is 0 Å². The summed E-state index contributed by atoms with van der Waals surface area (Å²) in [4.78, 5) is 148. The zero-order chi connectivity index (χ0) is 79.9. The Bertz CT molecular complexity index is 1370. The van der Waals surface area contributed by atoms with Gasteiger partial charge in [0.15, 0.2) is 0 Å². The van der Waals surface area contributed by atoms with Crippen LogP contribution >= 0.6 is 0 Å². The van der Waals surface area contributed by atoms with Gasteiger partial charge in [0.1, 0.15) is 86.7 Å². The first kappa shape index (κ1) is 128. The minimum atomic E-state index is -0.0600. The van der Waals surface area contributed by atoms with E-state index in [1.807, 2.05) is 0 Å². The van der Waals surface area contributed by atoms with Gasteiger partial charge in [-0.3, -0.25) is 4.79 Å². The van der Waals surface area contributed by atoms with Crippen LogP contribution in [-0.2, 0) is 71.9 Å². The first-order valence-corrected chi connectivity index (χ1v) is 35.9. The van der Waals surface area contributed by atoms with E-state index in [4.69, 9.17) is 0 Å². The first-order valence-electron chi connectivity index (χ1n) is 35.9. The van der Waals surface area contributed by atoms with Crippen LogP contribution in [0.1, 0.15) is 428 Å². The molecular formula is C81H162O15. The molecule has 0 atom stereocenters. The smallest absolute Gasteiger partial charge is 0.145 e. The average molecular weight is 1380 g/mol. The molecule has 0 spiro atoms. The van der Waals surface area contributed by atoms with E-state index in [0.717, 1.165) is 5.78 Å².